The van der Waals surface area contributed by atoms with Crippen LogP contribution in [0, 0.1) is 0 Å². The minimum Gasteiger partial charge on any atom is -0.402 e. The van der Waals surface area contributed by atoms with Crippen LogP contribution in [0.3, 0.4) is 0 Å². The van der Waals surface area contributed by atoms with E-state index in [2.05, 4.69) is 19.1 Å². The van der Waals surface area contributed by atoms with Gasteiger partial charge in [0.1, 0.15) is 0 Å². The number of hydrogen-bond donors (Lipinski definition) is 2. The topological polar surface area (TPSA) is 52.0 Å². The molecule has 0 aromatic carbocycles. The lowest BCUT2D eigenvalue weighted by atomic mass is 9.94. The maximum Gasteiger partial charge on any atom is 0.0112 e. The Labute approximate surface area is 80.0 Å². The highest BCUT2D eigenvalue weighted by Gasteiger charge is 2.06. The van der Waals surface area contributed by atoms with Crippen molar-refractivity contribution in [1.82, 2.24) is 0 Å². The van der Waals surface area contributed by atoms with Crippen LogP contribution < -0.4 is 11.5 Å². The molecule has 0 heterocycles. The summed E-state index contributed by atoms with van der Waals surface area (Å²) >= 11 is 0. The highest BCUT2D eigenvalue weighted by Crippen LogP contribution is 2.23. The van der Waals surface area contributed by atoms with Crippen LogP contribution in [0.25, 0.3) is 0 Å². The van der Waals surface area contributed by atoms with Crippen molar-refractivity contribution in [2.75, 3.05) is 6.54 Å². The van der Waals surface area contributed by atoms with Gasteiger partial charge in [0.2, 0.25) is 0 Å². The Balaban J connectivity index is 2.76. The molecule has 0 saturated carbocycles. The van der Waals surface area contributed by atoms with E-state index in [4.69, 9.17) is 11.5 Å². The summed E-state index contributed by atoms with van der Waals surface area (Å²) in [6.07, 6.45) is 9.30. The van der Waals surface area contributed by atoms with E-state index in [1.54, 1.807) is 0 Å². The van der Waals surface area contributed by atoms with E-state index >= 15 is 0 Å². The number of hydrogen-bond acceptors (Lipinski definition) is 2. The molecule has 13 heavy (non-hydrogen) atoms. The van der Waals surface area contributed by atoms with Crippen LogP contribution in [0.1, 0.15) is 26.2 Å². The van der Waals surface area contributed by atoms with Crippen molar-refractivity contribution in [1.29, 1.82) is 0 Å². The zero-order valence-corrected chi connectivity index (χ0v) is 8.22. The molecule has 0 aliphatic heterocycles. The third-order valence-electron chi connectivity index (χ3n) is 2.34. The average Bonchev–Trinajstić information content (AvgIpc) is 2.16. The summed E-state index contributed by atoms with van der Waals surface area (Å²) in [5.74, 6) is 0. The van der Waals surface area contributed by atoms with E-state index in [1.807, 2.05) is 6.08 Å². The summed E-state index contributed by atoms with van der Waals surface area (Å²) in [6.45, 7) is 2.78. The molecular weight excluding hydrogens is 160 g/mol. The van der Waals surface area contributed by atoms with Gasteiger partial charge in [-0.15, -0.1) is 0 Å². The number of allylic oxidation sites excluding steroid dienone is 5. The first-order valence-corrected chi connectivity index (χ1v) is 4.82. The Bertz CT molecular complexity index is 259. The molecule has 1 aliphatic carbocycles. The first-order valence-electron chi connectivity index (χ1n) is 4.82. The molecular formula is C11H18N2. The van der Waals surface area contributed by atoms with E-state index in [0.29, 0.717) is 6.54 Å². The molecule has 0 atom stereocenters. The van der Waals surface area contributed by atoms with Gasteiger partial charge in [-0.3, -0.25) is 0 Å². The Morgan fingerprint density at radius 3 is 2.69 bits per heavy atom. The molecule has 1 aliphatic rings. The Hall–Kier alpha value is -1.02. The van der Waals surface area contributed by atoms with Gasteiger partial charge in [0, 0.05) is 12.2 Å². The maximum absolute atomic E-state index is 5.68. The summed E-state index contributed by atoms with van der Waals surface area (Å²) < 4.78 is 0. The van der Waals surface area contributed by atoms with E-state index in [-0.39, 0.29) is 0 Å². The predicted octanol–water partition coefficient (Wildman–Crippen LogP) is 1.84. The van der Waals surface area contributed by atoms with Crippen molar-refractivity contribution in [3.8, 4) is 0 Å². The summed E-state index contributed by atoms with van der Waals surface area (Å²) in [4.78, 5) is 0. The molecule has 0 aromatic rings. The Kier molecular flexibility index (Phi) is 3.77. The molecule has 0 saturated heterocycles. The zero-order valence-electron chi connectivity index (χ0n) is 8.22. The molecule has 0 fully saturated rings. The molecule has 4 N–H and O–H groups in total. The molecule has 0 amide bonds. The fourth-order valence-corrected chi connectivity index (χ4v) is 1.57. The van der Waals surface area contributed by atoms with Crippen molar-refractivity contribution in [2.45, 2.75) is 26.2 Å². The van der Waals surface area contributed by atoms with Crippen molar-refractivity contribution in [3.63, 3.8) is 0 Å². The lowest BCUT2D eigenvalue weighted by Gasteiger charge is -2.14. The van der Waals surface area contributed by atoms with Crippen LogP contribution in [0.4, 0.5) is 0 Å². The highest BCUT2D eigenvalue weighted by atomic mass is 14.6. The van der Waals surface area contributed by atoms with Crippen LogP contribution in [0.5, 0.6) is 0 Å². The van der Waals surface area contributed by atoms with E-state index in [0.717, 1.165) is 25.0 Å². The molecule has 2 nitrogen and oxygen atoms in total. The van der Waals surface area contributed by atoms with E-state index in [1.165, 1.54) is 11.1 Å². The first kappa shape index (κ1) is 10.1. The second-order valence-corrected chi connectivity index (χ2v) is 3.25. The summed E-state index contributed by atoms with van der Waals surface area (Å²) in [5, 5.41) is 0. The third kappa shape index (κ3) is 2.74. The minimum absolute atomic E-state index is 0.625. The molecule has 0 aromatic heterocycles. The monoisotopic (exact) mass is 178 g/mol. The molecule has 0 spiro atoms. The molecule has 2 heteroatoms. The molecule has 1 rings (SSSR count). The van der Waals surface area contributed by atoms with Gasteiger partial charge in [-0.05, 0) is 36.5 Å². The quantitative estimate of drug-likeness (QED) is 0.693. The van der Waals surface area contributed by atoms with E-state index in [9.17, 15) is 0 Å². The van der Waals surface area contributed by atoms with Crippen LogP contribution >= 0.6 is 0 Å². The average molecular weight is 178 g/mol. The van der Waals surface area contributed by atoms with Gasteiger partial charge in [-0.1, -0.05) is 19.1 Å². The van der Waals surface area contributed by atoms with Crippen LogP contribution in [-0.2, 0) is 0 Å². The predicted molar refractivity (Wildman–Crippen MR) is 57.0 cm³/mol. The van der Waals surface area contributed by atoms with Crippen molar-refractivity contribution in [2.24, 2.45) is 11.5 Å². The largest absolute Gasteiger partial charge is 0.402 e. The van der Waals surface area contributed by atoms with Gasteiger partial charge in [-0.25, -0.2) is 0 Å². The molecule has 0 bridgehead atoms. The highest BCUT2D eigenvalue weighted by molar-refractivity contribution is 5.37. The summed E-state index contributed by atoms with van der Waals surface area (Å²) in [5.41, 5.74) is 14.9. The number of nitrogens with two attached hydrogens (primary N) is 2. The van der Waals surface area contributed by atoms with Gasteiger partial charge < -0.3 is 11.5 Å². The SMILES string of the molecule is CC/C(=C\CN)C1=CC=C(N)CC1. The van der Waals surface area contributed by atoms with Gasteiger partial charge in [0.05, 0.1) is 0 Å². The zero-order chi connectivity index (χ0) is 9.68. The minimum atomic E-state index is 0.625. The van der Waals surface area contributed by atoms with Gasteiger partial charge in [0.25, 0.3) is 0 Å². The van der Waals surface area contributed by atoms with Crippen LogP contribution in [0.15, 0.2) is 35.1 Å². The van der Waals surface area contributed by atoms with Crippen molar-refractivity contribution < 1.29 is 0 Å². The van der Waals surface area contributed by atoms with Gasteiger partial charge >= 0.3 is 0 Å². The fraction of sp³-hybridized carbons (Fsp3) is 0.455. The van der Waals surface area contributed by atoms with Crippen molar-refractivity contribution in [3.05, 3.63) is 35.1 Å². The third-order valence-corrected chi connectivity index (χ3v) is 2.34. The Morgan fingerprint density at radius 1 is 1.46 bits per heavy atom. The van der Waals surface area contributed by atoms with Gasteiger partial charge in [-0.2, -0.15) is 0 Å². The molecule has 0 unspecified atom stereocenters. The van der Waals surface area contributed by atoms with Crippen LogP contribution in [-0.4, -0.2) is 6.54 Å². The first-order chi connectivity index (χ1) is 6.27. The second kappa shape index (κ2) is 4.87. The Morgan fingerprint density at radius 2 is 2.23 bits per heavy atom. The molecule has 72 valence electrons. The fourth-order valence-electron chi connectivity index (χ4n) is 1.57. The second-order valence-electron chi connectivity index (χ2n) is 3.25. The van der Waals surface area contributed by atoms with E-state index < -0.39 is 0 Å². The summed E-state index contributed by atoms with van der Waals surface area (Å²) in [6, 6.07) is 0. The van der Waals surface area contributed by atoms with Crippen LogP contribution in [0.2, 0.25) is 0 Å². The molecule has 0 radical (unpaired) electrons. The lowest BCUT2D eigenvalue weighted by molar-refractivity contribution is 0.879. The number of rotatable bonds is 3. The summed E-state index contributed by atoms with van der Waals surface area (Å²) in [7, 11) is 0. The lowest BCUT2D eigenvalue weighted by Crippen LogP contribution is -2.04. The standard InChI is InChI=1S/C11H18N2/c1-2-9(7-8-12)10-3-5-11(13)6-4-10/h3,5,7H,2,4,6,8,12-13H2,1H3/b9-7+. The van der Waals surface area contributed by atoms with Gasteiger partial charge in [0.15, 0.2) is 0 Å². The van der Waals surface area contributed by atoms with Crippen molar-refractivity contribution >= 4 is 0 Å². The smallest absolute Gasteiger partial charge is 0.0112 e. The normalized spacial score (nSPS) is 18.2. The maximum atomic E-state index is 5.68.